The number of hydrogen-bond donors (Lipinski definition) is 2. The number of nitrogens with one attached hydrogen (secondary N) is 2. The van der Waals surface area contributed by atoms with Gasteiger partial charge in [-0.1, -0.05) is 24.3 Å². The molecule has 150 valence electrons. The molecule has 0 radical (unpaired) electrons. The molecule has 0 spiro atoms. The van der Waals surface area contributed by atoms with Crippen molar-refractivity contribution in [1.29, 1.82) is 0 Å². The maximum absolute atomic E-state index is 14.6. The highest BCUT2D eigenvalue weighted by Crippen LogP contribution is 2.28. The molecule has 0 fully saturated rings. The summed E-state index contributed by atoms with van der Waals surface area (Å²) in [5.74, 6) is -0.774. The summed E-state index contributed by atoms with van der Waals surface area (Å²) in [6, 6.07) is 10.3. The molecule has 1 aliphatic carbocycles. The molecule has 2 atom stereocenters. The molecule has 0 saturated carbocycles. The minimum atomic E-state index is -3.49. The zero-order valence-corrected chi connectivity index (χ0v) is 17.1. The Morgan fingerprint density at radius 1 is 1.21 bits per heavy atom. The number of benzene rings is 2. The Bertz CT molecular complexity index is 1000. The van der Waals surface area contributed by atoms with Crippen LogP contribution in [0.3, 0.4) is 0 Å². The summed E-state index contributed by atoms with van der Waals surface area (Å²) in [5, 5.41) is 2.91. The Kier molecular flexibility index (Phi) is 5.74. The van der Waals surface area contributed by atoms with Crippen LogP contribution in [-0.4, -0.2) is 20.6 Å². The Morgan fingerprint density at radius 3 is 2.57 bits per heavy atom. The zero-order chi connectivity index (χ0) is 20.5. The van der Waals surface area contributed by atoms with Gasteiger partial charge < -0.3 is 5.32 Å². The fourth-order valence-corrected chi connectivity index (χ4v) is 4.30. The van der Waals surface area contributed by atoms with Crippen LogP contribution < -0.4 is 10.0 Å². The second-order valence-electron chi connectivity index (χ2n) is 7.50. The monoisotopic (exact) mass is 404 g/mol. The molecule has 1 aliphatic rings. The van der Waals surface area contributed by atoms with Crippen LogP contribution in [0.2, 0.25) is 0 Å². The van der Waals surface area contributed by atoms with E-state index in [0.717, 1.165) is 25.2 Å². The van der Waals surface area contributed by atoms with Crippen molar-refractivity contribution < 1.29 is 17.6 Å². The van der Waals surface area contributed by atoms with E-state index in [1.165, 1.54) is 11.1 Å². The molecule has 3 rings (SSSR count). The molecule has 7 heteroatoms. The van der Waals surface area contributed by atoms with Gasteiger partial charge in [0.2, 0.25) is 15.9 Å². The minimum absolute atomic E-state index is 0.0857. The molecular formula is C21H25FN2O3S. The highest BCUT2D eigenvalue weighted by atomic mass is 32.2. The van der Waals surface area contributed by atoms with Crippen LogP contribution in [0.1, 0.15) is 41.6 Å². The zero-order valence-electron chi connectivity index (χ0n) is 16.3. The van der Waals surface area contributed by atoms with E-state index in [4.69, 9.17) is 0 Å². The minimum Gasteiger partial charge on any atom is -0.349 e. The van der Waals surface area contributed by atoms with Gasteiger partial charge in [0.15, 0.2) is 0 Å². The molecule has 2 aromatic rings. The third-order valence-electron chi connectivity index (χ3n) is 5.18. The van der Waals surface area contributed by atoms with Crippen molar-refractivity contribution in [2.24, 2.45) is 5.92 Å². The maximum atomic E-state index is 14.6. The van der Waals surface area contributed by atoms with Gasteiger partial charge >= 0.3 is 0 Å². The first kappa shape index (κ1) is 20.3. The largest absolute Gasteiger partial charge is 0.349 e. The third kappa shape index (κ3) is 4.70. The van der Waals surface area contributed by atoms with Crippen LogP contribution >= 0.6 is 0 Å². The number of sulfonamides is 1. The Morgan fingerprint density at radius 2 is 1.89 bits per heavy atom. The predicted octanol–water partition coefficient (Wildman–Crippen LogP) is 3.49. The first-order valence-corrected chi connectivity index (χ1v) is 11.2. The van der Waals surface area contributed by atoms with Gasteiger partial charge in [-0.25, -0.2) is 12.8 Å². The maximum Gasteiger partial charge on any atom is 0.229 e. The van der Waals surface area contributed by atoms with Gasteiger partial charge in [0.25, 0.3) is 0 Å². The van der Waals surface area contributed by atoms with E-state index in [9.17, 15) is 17.6 Å². The van der Waals surface area contributed by atoms with E-state index in [-0.39, 0.29) is 17.5 Å². The van der Waals surface area contributed by atoms with Crippen molar-refractivity contribution in [2.45, 2.75) is 39.2 Å². The average molecular weight is 405 g/mol. The molecular weight excluding hydrogens is 379 g/mol. The predicted molar refractivity (Wildman–Crippen MR) is 108 cm³/mol. The number of anilines is 1. The second kappa shape index (κ2) is 7.91. The van der Waals surface area contributed by atoms with Crippen molar-refractivity contribution in [3.8, 4) is 0 Å². The summed E-state index contributed by atoms with van der Waals surface area (Å²) in [6.07, 6.45) is 3.34. The summed E-state index contributed by atoms with van der Waals surface area (Å²) in [5.41, 5.74) is 3.61. The van der Waals surface area contributed by atoms with E-state index >= 15 is 0 Å². The first-order chi connectivity index (χ1) is 13.1. The van der Waals surface area contributed by atoms with Crippen molar-refractivity contribution >= 4 is 21.6 Å². The number of carbonyl (C=O) groups excluding carboxylic acids is 1. The van der Waals surface area contributed by atoms with E-state index in [2.05, 4.69) is 22.2 Å². The second-order valence-corrected chi connectivity index (χ2v) is 9.25. The number of halogens is 1. The Hall–Kier alpha value is -2.41. The summed E-state index contributed by atoms with van der Waals surface area (Å²) in [6.45, 7) is 3.43. The number of fused-ring (bicyclic) bond motifs is 1. The molecule has 0 bridgehead atoms. The standard InChI is InChI=1S/C21H25FN2O3S/c1-13-10-18(19(22)12-20(13)24-28(3,26)27)14(2)23-21(25)17-9-8-15-6-4-5-7-16(15)11-17/h4-7,10,12,14,17,24H,8-9,11H2,1-3H3,(H,23,25). The lowest BCUT2D eigenvalue weighted by atomic mass is 9.83. The number of aryl methyl sites for hydroxylation is 2. The van der Waals surface area contributed by atoms with Gasteiger partial charge in [0.05, 0.1) is 18.0 Å². The summed E-state index contributed by atoms with van der Waals surface area (Å²) >= 11 is 0. The highest BCUT2D eigenvalue weighted by molar-refractivity contribution is 7.92. The van der Waals surface area contributed by atoms with Crippen molar-refractivity contribution in [1.82, 2.24) is 5.32 Å². The van der Waals surface area contributed by atoms with Crippen molar-refractivity contribution in [3.05, 3.63) is 64.5 Å². The molecule has 0 heterocycles. The van der Waals surface area contributed by atoms with Crippen LogP contribution in [-0.2, 0) is 27.7 Å². The normalized spacial score (nSPS) is 17.5. The summed E-state index contributed by atoms with van der Waals surface area (Å²) in [7, 11) is -3.49. The molecule has 0 aromatic heterocycles. The van der Waals surface area contributed by atoms with Crippen LogP contribution in [0.5, 0.6) is 0 Å². The number of hydrogen-bond acceptors (Lipinski definition) is 3. The lowest BCUT2D eigenvalue weighted by Crippen LogP contribution is -2.36. The van der Waals surface area contributed by atoms with Crippen LogP contribution in [0.25, 0.3) is 0 Å². The molecule has 2 unspecified atom stereocenters. The Balaban J connectivity index is 1.72. The topological polar surface area (TPSA) is 75.3 Å². The quantitative estimate of drug-likeness (QED) is 0.801. The van der Waals surface area contributed by atoms with Crippen LogP contribution in [0.15, 0.2) is 36.4 Å². The van der Waals surface area contributed by atoms with E-state index in [1.807, 2.05) is 12.1 Å². The number of amides is 1. The van der Waals surface area contributed by atoms with Gasteiger partial charge in [0, 0.05) is 11.5 Å². The van der Waals surface area contributed by atoms with E-state index < -0.39 is 21.9 Å². The number of carbonyl (C=O) groups is 1. The summed E-state index contributed by atoms with van der Waals surface area (Å²) in [4.78, 5) is 12.7. The smallest absolute Gasteiger partial charge is 0.229 e. The fraction of sp³-hybridized carbons (Fsp3) is 0.381. The van der Waals surface area contributed by atoms with E-state index in [0.29, 0.717) is 17.5 Å². The highest BCUT2D eigenvalue weighted by Gasteiger charge is 2.26. The molecule has 2 N–H and O–H groups in total. The molecule has 1 amide bonds. The fourth-order valence-electron chi connectivity index (χ4n) is 3.68. The SMILES string of the molecule is Cc1cc(C(C)NC(=O)C2CCc3ccccc3C2)c(F)cc1NS(C)(=O)=O. The van der Waals surface area contributed by atoms with Gasteiger partial charge in [-0.2, -0.15) is 0 Å². The summed E-state index contributed by atoms with van der Waals surface area (Å²) < 4.78 is 39.7. The molecule has 0 saturated heterocycles. The molecule has 0 aliphatic heterocycles. The number of rotatable bonds is 5. The van der Waals surface area contributed by atoms with Gasteiger partial charge in [-0.15, -0.1) is 0 Å². The first-order valence-electron chi connectivity index (χ1n) is 9.29. The van der Waals surface area contributed by atoms with Crippen molar-refractivity contribution in [3.63, 3.8) is 0 Å². The lowest BCUT2D eigenvalue weighted by Gasteiger charge is -2.26. The molecule has 5 nitrogen and oxygen atoms in total. The molecule has 2 aromatic carbocycles. The average Bonchev–Trinajstić information content (AvgIpc) is 2.62. The van der Waals surface area contributed by atoms with Crippen LogP contribution in [0, 0.1) is 18.7 Å². The van der Waals surface area contributed by atoms with Gasteiger partial charge in [-0.05, 0) is 61.9 Å². The third-order valence-corrected chi connectivity index (χ3v) is 5.77. The Labute approximate surface area is 165 Å². The van der Waals surface area contributed by atoms with E-state index in [1.54, 1.807) is 19.9 Å². The van der Waals surface area contributed by atoms with Crippen molar-refractivity contribution in [2.75, 3.05) is 11.0 Å². The molecule has 28 heavy (non-hydrogen) atoms. The van der Waals surface area contributed by atoms with Gasteiger partial charge in [-0.3, -0.25) is 9.52 Å². The van der Waals surface area contributed by atoms with Crippen LogP contribution in [0.4, 0.5) is 10.1 Å². The van der Waals surface area contributed by atoms with Gasteiger partial charge in [0.1, 0.15) is 5.82 Å². The lowest BCUT2D eigenvalue weighted by molar-refractivity contribution is -0.126.